The molecule has 0 aliphatic carbocycles. The summed E-state index contributed by atoms with van der Waals surface area (Å²) in [5.41, 5.74) is 1.22. The number of fused-ring (bicyclic) bond motifs is 1. The van der Waals surface area contributed by atoms with Gasteiger partial charge in [-0.25, -0.2) is 14.1 Å². The summed E-state index contributed by atoms with van der Waals surface area (Å²) in [7, 11) is 0. The van der Waals surface area contributed by atoms with Crippen LogP contribution in [0.5, 0.6) is 0 Å². The number of carbonyl (C=O) groups excluding carboxylic acids is 4. The minimum absolute atomic E-state index is 0.0348. The second-order valence-corrected chi connectivity index (χ2v) is 7.12. The van der Waals surface area contributed by atoms with Crippen LogP contribution in [0.4, 0.5) is 10.1 Å². The maximum absolute atomic E-state index is 13.2. The van der Waals surface area contributed by atoms with Gasteiger partial charge in [0.15, 0.2) is 6.61 Å². The van der Waals surface area contributed by atoms with E-state index in [1.807, 2.05) is 0 Å². The minimum atomic E-state index is -0.789. The predicted octanol–water partition coefficient (Wildman–Crippen LogP) is 3.21. The van der Waals surface area contributed by atoms with Gasteiger partial charge in [0.1, 0.15) is 5.82 Å². The van der Waals surface area contributed by atoms with E-state index in [9.17, 15) is 23.6 Å². The summed E-state index contributed by atoms with van der Waals surface area (Å²) in [6, 6.07) is 8.91. The number of benzene rings is 2. The summed E-state index contributed by atoms with van der Waals surface area (Å²) in [6.45, 7) is 7.71. The zero-order valence-corrected chi connectivity index (χ0v) is 17.2. The van der Waals surface area contributed by atoms with Gasteiger partial charge < -0.3 is 9.64 Å². The number of nitrogens with zero attached hydrogens (tertiary/aromatic N) is 2. The monoisotopic (exact) mass is 424 g/mol. The van der Waals surface area contributed by atoms with Crippen LogP contribution in [0, 0.1) is 5.82 Å². The highest BCUT2D eigenvalue weighted by atomic mass is 19.1. The average molecular weight is 424 g/mol. The zero-order chi connectivity index (χ0) is 22.7. The van der Waals surface area contributed by atoms with Crippen LogP contribution in [0.1, 0.15) is 44.9 Å². The summed E-state index contributed by atoms with van der Waals surface area (Å²) >= 11 is 0. The third-order valence-corrected chi connectivity index (χ3v) is 4.73. The Morgan fingerprint density at radius 2 is 1.71 bits per heavy atom. The van der Waals surface area contributed by atoms with E-state index in [0.717, 1.165) is 22.6 Å². The molecule has 1 heterocycles. The van der Waals surface area contributed by atoms with E-state index in [1.165, 1.54) is 35.2 Å². The lowest BCUT2D eigenvalue weighted by Crippen LogP contribution is -2.35. The number of hydrogen-bond donors (Lipinski definition) is 0. The molecule has 0 aromatic heterocycles. The third-order valence-electron chi connectivity index (χ3n) is 4.73. The fourth-order valence-electron chi connectivity index (χ4n) is 3.20. The van der Waals surface area contributed by atoms with E-state index in [0.29, 0.717) is 13.1 Å². The summed E-state index contributed by atoms with van der Waals surface area (Å²) < 4.78 is 18.3. The van der Waals surface area contributed by atoms with Gasteiger partial charge in [-0.05, 0) is 56.3 Å². The van der Waals surface area contributed by atoms with Crippen molar-refractivity contribution in [3.05, 3.63) is 77.1 Å². The number of imide groups is 1. The summed E-state index contributed by atoms with van der Waals surface area (Å²) in [6.07, 6.45) is 0. The highest BCUT2D eigenvalue weighted by Crippen LogP contribution is 2.29. The molecule has 0 saturated carbocycles. The van der Waals surface area contributed by atoms with Crippen LogP contribution < -0.4 is 4.90 Å². The molecular weight excluding hydrogens is 403 g/mol. The van der Waals surface area contributed by atoms with E-state index in [-0.39, 0.29) is 28.3 Å². The molecule has 1 aliphatic heterocycles. The third kappa shape index (κ3) is 4.53. The van der Waals surface area contributed by atoms with Crippen molar-refractivity contribution < 1.29 is 28.3 Å². The van der Waals surface area contributed by atoms with Gasteiger partial charge in [-0.3, -0.25) is 14.4 Å². The van der Waals surface area contributed by atoms with Crippen molar-refractivity contribution in [1.29, 1.82) is 0 Å². The van der Waals surface area contributed by atoms with Crippen molar-refractivity contribution in [2.45, 2.75) is 13.8 Å². The van der Waals surface area contributed by atoms with E-state index in [4.69, 9.17) is 4.74 Å². The van der Waals surface area contributed by atoms with Crippen LogP contribution >= 0.6 is 0 Å². The van der Waals surface area contributed by atoms with Crippen molar-refractivity contribution in [1.82, 2.24) is 4.90 Å². The molecule has 3 rings (SSSR count). The Morgan fingerprint density at radius 3 is 2.32 bits per heavy atom. The van der Waals surface area contributed by atoms with E-state index in [2.05, 4.69) is 6.58 Å². The molecule has 0 spiro atoms. The van der Waals surface area contributed by atoms with Gasteiger partial charge in [0.25, 0.3) is 17.7 Å². The fraction of sp³-hybridized carbons (Fsp3) is 0.217. The quantitative estimate of drug-likeness (QED) is 0.387. The molecular formula is C23H21FN2O5. The molecule has 160 valence electrons. The van der Waals surface area contributed by atoms with Crippen molar-refractivity contribution in [3.8, 4) is 0 Å². The van der Waals surface area contributed by atoms with Crippen molar-refractivity contribution >= 4 is 29.4 Å². The Bertz CT molecular complexity index is 1080. The molecule has 31 heavy (non-hydrogen) atoms. The number of esters is 1. The predicted molar refractivity (Wildman–Crippen MR) is 111 cm³/mol. The summed E-state index contributed by atoms with van der Waals surface area (Å²) in [5, 5.41) is 0. The molecule has 0 radical (unpaired) electrons. The Kier molecular flexibility index (Phi) is 6.29. The number of rotatable bonds is 7. The van der Waals surface area contributed by atoms with Crippen LogP contribution in [0.3, 0.4) is 0 Å². The van der Waals surface area contributed by atoms with Crippen molar-refractivity contribution in [2.75, 3.05) is 24.6 Å². The average Bonchev–Trinajstić information content (AvgIpc) is 3.00. The maximum Gasteiger partial charge on any atom is 0.338 e. The smallest absolute Gasteiger partial charge is 0.338 e. The van der Waals surface area contributed by atoms with Crippen LogP contribution in [0.25, 0.3) is 0 Å². The van der Waals surface area contributed by atoms with Gasteiger partial charge in [0, 0.05) is 13.1 Å². The maximum atomic E-state index is 13.2. The summed E-state index contributed by atoms with van der Waals surface area (Å²) in [4.78, 5) is 52.4. The van der Waals surface area contributed by atoms with E-state index in [1.54, 1.807) is 13.8 Å². The zero-order valence-electron chi connectivity index (χ0n) is 17.2. The first-order valence-electron chi connectivity index (χ1n) is 9.60. The van der Waals surface area contributed by atoms with Gasteiger partial charge >= 0.3 is 5.97 Å². The molecule has 3 amide bonds. The minimum Gasteiger partial charge on any atom is -0.452 e. The van der Waals surface area contributed by atoms with Crippen LogP contribution in [-0.2, 0) is 9.53 Å². The van der Waals surface area contributed by atoms with Gasteiger partial charge in [-0.2, -0.15) is 0 Å². The van der Waals surface area contributed by atoms with Gasteiger partial charge in [-0.15, -0.1) is 0 Å². The van der Waals surface area contributed by atoms with Crippen molar-refractivity contribution in [2.24, 2.45) is 0 Å². The number of hydrogen-bond acceptors (Lipinski definition) is 5. The first kappa shape index (κ1) is 21.9. The lowest BCUT2D eigenvalue weighted by Gasteiger charge is -2.20. The van der Waals surface area contributed by atoms with Gasteiger partial charge in [0.2, 0.25) is 0 Å². The van der Waals surface area contributed by atoms with Crippen LogP contribution in [0.15, 0.2) is 54.6 Å². The topological polar surface area (TPSA) is 84.0 Å². The molecule has 0 bridgehead atoms. The molecule has 2 aromatic carbocycles. The SMILES string of the molecule is C=C(C)CN(CC)C(=O)COC(=O)c1ccc2c(c1)C(=O)N(c1ccc(F)cc1)C2=O. The Labute approximate surface area is 178 Å². The number of anilines is 1. The largest absolute Gasteiger partial charge is 0.452 e. The Morgan fingerprint density at radius 1 is 1.06 bits per heavy atom. The normalized spacial score (nSPS) is 12.5. The number of likely N-dealkylation sites (N-methyl/N-ethyl adjacent to an activating group) is 1. The van der Waals surface area contributed by atoms with E-state index < -0.39 is 30.2 Å². The molecule has 0 fully saturated rings. The van der Waals surface area contributed by atoms with Crippen LogP contribution in [-0.4, -0.2) is 48.3 Å². The fourth-order valence-corrected chi connectivity index (χ4v) is 3.20. The Hall–Kier alpha value is -3.81. The van der Waals surface area contributed by atoms with Gasteiger partial charge in [0.05, 0.1) is 22.4 Å². The Balaban J connectivity index is 1.74. The second-order valence-electron chi connectivity index (χ2n) is 7.12. The molecule has 2 aromatic rings. The van der Waals surface area contributed by atoms with Gasteiger partial charge in [-0.1, -0.05) is 12.2 Å². The molecule has 8 heteroatoms. The van der Waals surface area contributed by atoms with E-state index >= 15 is 0 Å². The summed E-state index contributed by atoms with van der Waals surface area (Å²) in [5.74, 6) is -2.85. The highest BCUT2D eigenvalue weighted by molar-refractivity contribution is 6.34. The molecule has 1 aliphatic rings. The number of halogens is 1. The highest BCUT2D eigenvalue weighted by Gasteiger charge is 2.37. The molecule has 0 saturated heterocycles. The van der Waals surface area contributed by atoms with Crippen molar-refractivity contribution in [3.63, 3.8) is 0 Å². The second kappa shape index (κ2) is 8.91. The number of amides is 3. The number of ether oxygens (including phenoxy) is 1. The lowest BCUT2D eigenvalue weighted by atomic mass is 10.1. The first-order valence-corrected chi connectivity index (χ1v) is 9.60. The lowest BCUT2D eigenvalue weighted by molar-refractivity contribution is -0.133. The standard InChI is InChI=1S/C23H21FN2O5/c1-4-25(12-14(2)3)20(27)13-31-23(30)15-5-10-18-19(11-15)22(29)26(21(18)28)17-8-6-16(24)7-9-17/h5-11H,2,4,12-13H2,1,3H3. The first-order chi connectivity index (χ1) is 14.7. The number of carbonyl (C=O) groups is 4. The molecule has 0 unspecified atom stereocenters. The molecule has 7 nitrogen and oxygen atoms in total. The molecule has 0 atom stereocenters. The van der Waals surface area contributed by atoms with Crippen LogP contribution in [0.2, 0.25) is 0 Å². The molecule has 0 N–H and O–H groups in total.